The van der Waals surface area contributed by atoms with Crippen LogP contribution in [0.4, 0.5) is 5.69 Å². The fraction of sp³-hybridized carbons (Fsp3) is 0.150. The highest BCUT2D eigenvalue weighted by molar-refractivity contribution is 6.05. The van der Waals surface area contributed by atoms with Crippen LogP contribution in [-0.4, -0.2) is 29.8 Å². The molecule has 1 aromatic heterocycles. The van der Waals surface area contributed by atoms with Gasteiger partial charge >= 0.3 is 0 Å². The lowest BCUT2D eigenvalue weighted by molar-refractivity contribution is -0.126. The fourth-order valence-electron chi connectivity index (χ4n) is 3.02. The summed E-state index contributed by atoms with van der Waals surface area (Å²) in [6, 6.07) is 14.2. The molecule has 1 unspecified atom stereocenters. The second kappa shape index (κ2) is 7.74. The second-order valence-electron chi connectivity index (χ2n) is 6.16. The van der Waals surface area contributed by atoms with Gasteiger partial charge < -0.3 is 21.4 Å². The van der Waals surface area contributed by atoms with Crippen LogP contribution in [0, 0.1) is 0 Å². The molecule has 0 fully saturated rings. The van der Waals surface area contributed by atoms with Gasteiger partial charge in [0.05, 0.1) is 5.92 Å². The number of amides is 3. The number of fused-ring (bicyclic) bond motifs is 1. The van der Waals surface area contributed by atoms with Crippen molar-refractivity contribution in [3.05, 3.63) is 65.9 Å². The number of hydrogen-bond acceptors (Lipinski definition) is 3. The van der Waals surface area contributed by atoms with Gasteiger partial charge in [-0.1, -0.05) is 18.2 Å². The summed E-state index contributed by atoms with van der Waals surface area (Å²) in [5.74, 6) is -1.80. The van der Waals surface area contributed by atoms with Gasteiger partial charge in [0, 0.05) is 41.8 Å². The Morgan fingerprint density at radius 2 is 1.85 bits per heavy atom. The molecule has 138 valence electrons. The van der Waals surface area contributed by atoms with Gasteiger partial charge in [0.1, 0.15) is 0 Å². The quantitative estimate of drug-likeness (QED) is 0.537. The molecule has 0 saturated carbocycles. The third-order valence-electron chi connectivity index (χ3n) is 4.35. The third kappa shape index (κ3) is 3.98. The first-order chi connectivity index (χ1) is 13.0. The monoisotopic (exact) mass is 364 g/mol. The second-order valence-corrected chi connectivity index (χ2v) is 6.16. The minimum atomic E-state index is -0.707. The van der Waals surface area contributed by atoms with E-state index in [9.17, 15) is 14.4 Å². The zero-order valence-corrected chi connectivity index (χ0v) is 14.8. The molecule has 0 spiro atoms. The van der Waals surface area contributed by atoms with Crippen LogP contribution in [0.25, 0.3) is 10.9 Å². The van der Waals surface area contributed by atoms with Gasteiger partial charge in [-0.05, 0) is 35.9 Å². The van der Waals surface area contributed by atoms with Crippen molar-refractivity contribution in [2.75, 3.05) is 12.4 Å². The van der Waals surface area contributed by atoms with E-state index in [-0.39, 0.29) is 18.2 Å². The molecule has 5 N–H and O–H groups in total. The van der Waals surface area contributed by atoms with Gasteiger partial charge in [-0.25, -0.2) is 0 Å². The van der Waals surface area contributed by atoms with E-state index in [2.05, 4.69) is 15.6 Å². The van der Waals surface area contributed by atoms with E-state index in [4.69, 9.17) is 5.73 Å². The van der Waals surface area contributed by atoms with Crippen molar-refractivity contribution < 1.29 is 14.4 Å². The first-order valence-corrected chi connectivity index (χ1v) is 8.47. The average molecular weight is 364 g/mol. The largest absolute Gasteiger partial charge is 0.370 e. The van der Waals surface area contributed by atoms with Crippen LogP contribution in [0.5, 0.6) is 0 Å². The number of likely N-dealkylation sites (N-methyl/N-ethyl adjacent to an activating group) is 1. The van der Waals surface area contributed by atoms with E-state index < -0.39 is 11.8 Å². The molecule has 1 atom stereocenters. The van der Waals surface area contributed by atoms with E-state index in [0.717, 1.165) is 10.9 Å². The highest BCUT2D eigenvalue weighted by Gasteiger charge is 2.25. The summed E-state index contributed by atoms with van der Waals surface area (Å²) in [5, 5.41) is 6.15. The van der Waals surface area contributed by atoms with E-state index >= 15 is 0 Å². The zero-order chi connectivity index (χ0) is 19.4. The SMILES string of the molecule is CNC(=O)C(CC(N)=O)c1c[nH]c2ccc(NC(=O)c3ccccc3)cc12. The maximum atomic E-state index is 12.4. The number of hydrogen-bond donors (Lipinski definition) is 4. The minimum Gasteiger partial charge on any atom is -0.370 e. The Bertz CT molecular complexity index is 995. The van der Waals surface area contributed by atoms with Crippen LogP contribution in [0.1, 0.15) is 28.3 Å². The molecule has 0 radical (unpaired) electrons. The number of aromatic amines is 1. The Hall–Kier alpha value is -3.61. The fourth-order valence-corrected chi connectivity index (χ4v) is 3.02. The summed E-state index contributed by atoms with van der Waals surface area (Å²) in [6.07, 6.45) is 1.59. The van der Waals surface area contributed by atoms with E-state index in [1.807, 2.05) is 12.1 Å². The van der Waals surface area contributed by atoms with E-state index in [1.165, 1.54) is 7.05 Å². The van der Waals surface area contributed by atoms with Crippen molar-refractivity contribution in [1.29, 1.82) is 0 Å². The van der Waals surface area contributed by atoms with Crippen LogP contribution >= 0.6 is 0 Å². The van der Waals surface area contributed by atoms with Crippen molar-refractivity contribution in [2.24, 2.45) is 5.73 Å². The van der Waals surface area contributed by atoms with Crippen molar-refractivity contribution in [2.45, 2.75) is 12.3 Å². The Morgan fingerprint density at radius 3 is 2.52 bits per heavy atom. The third-order valence-corrected chi connectivity index (χ3v) is 4.35. The maximum absolute atomic E-state index is 12.4. The standard InChI is InChI=1S/C20H20N4O3/c1-22-20(27)15(10-18(21)25)16-11-23-17-8-7-13(9-14(16)17)24-19(26)12-5-3-2-4-6-12/h2-9,11,15,23H,10H2,1H3,(H2,21,25)(H,22,27)(H,24,26). The number of primary amides is 1. The number of benzene rings is 2. The van der Waals surface area contributed by atoms with Crippen LogP contribution in [0.15, 0.2) is 54.7 Å². The van der Waals surface area contributed by atoms with Crippen LogP contribution < -0.4 is 16.4 Å². The maximum Gasteiger partial charge on any atom is 0.255 e. The predicted molar refractivity (Wildman–Crippen MR) is 103 cm³/mol. The van der Waals surface area contributed by atoms with Crippen LogP contribution in [0.2, 0.25) is 0 Å². The summed E-state index contributed by atoms with van der Waals surface area (Å²) >= 11 is 0. The summed E-state index contributed by atoms with van der Waals surface area (Å²) in [6.45, 7) is 0. The van der Waals surface area contributed by atoms with Gasteiger partial charge in [0.25, 0.3) is 5.91 Å². The molecule has 3 aromatic rings. The van der Waals surface area contributed by atoms with Crippen molar-refractivity contribution >= 4 is 34.3 Å². The number of anilines is 1. The predicted octanol–water partition coefficient (Wildman–Crippen LogP) is 2.13. The molecular formula is C20H20N4O3. The van der Waals surface area contributed by atoms with Crippen molar-refractivity contribution in [1.82, 2.24) is 10.3 Å². The molecule has 0 bridgehead atoms. The molecule has 0 aliphatic rings. The number of carbonyl (C=O) groups excluding carboxylic acids is 3. The highest BCUT2D eigenvalue weighted by Crippen LogP contribution is 2.30. The first-order valence-electron chi connectivity index (χ1n) is 8.47. The van der Waals surface area contributed by atoms with E-state index in [0.29, 0.717) is 16.8 Å². The van der Waals surface area contributed by atoms with E-state index in [1.54, 1.807) is 42.6 Å². The number of nitrogens with one attached hydrogen (secondary N) is 3. The van der Waals surface area contributed by atoms with Crippen LogP contribution in [-0.2, 0) is 9.59 Å². The lowest BCUT2D eigenvalue weighted by Gasteiger charge is -2.13. The Balaban J connectivity index is 1.94. The highest BCUT2D eigenvalue weighted by atomic mass is 16.2. The molecule has 0 aliphatic heterocycles. The lowest BCUT2D eigenvalue weighted by atomic mass is 9.94. The Labute approximate surface area is 155 Å². The molecule has 3 amide bonds. The smallest absolute Gasteiger partial charge is 0.255 e. The van der Waals surface area contributed by atoms with Crippen molar-refractivity contribution in [3.8, 4) is 0 Å². The van der Waals surface area contributed by atoms with Gasteiger partial charge in [0.15, 0.2) is 0 Å². The molecule has 7 heteroatoms. The molecule has 3 rings (SSSR count). The van der Waals surface area contributed by atoms with Crippen molar-refractivity contribution in [3.63, 3.8) is 0 Å². The number of H-pyrrole nitrogens is 1. The average Bonchev–Trinajstić information content (AvgIpc) is 3.09. The molecule has 0 saturated heterocycles. The molecule has 0 aliphatic carbocycles. The zero-order valence-electron chi connectivity index (χ0n) is 14.8. The molecular weight excluding hydrogens is 344 g/mol. The van der Waals surface area contributed by atoms with Gasteiger partial charge in [0.2, 0.25) is 11.8 Å². The number of nitrogens with two attached hydrogens (primary N) is 1. The van der Waals surface area contributed by atoms with Crippen LogP contribution in [0.3, 0.4) is 0 Å². The summed E-state index contributed by atoms with van der Waals surface area (Å²) < 4.78 is 0. The number of rotatable bonds is 6. The topological polar surface area (TPSA) is 117 Å². The Kier molecular flexibility index (Phi) is 5.21. The lowest BCUT2D eigenvalue weighted by Crippen LogP contribution is -2.29. The van der Waals surface area contributed by atoms with Gasteiger partial charge in [-0.2, -0.15) is 0 Å². The van der Waals surface area contributed by atoms with Gasteiger partial charge in [-0.3, -0.25) is 14.4 Å². The molecule has 7 nitrogen and oxygen atoms in total. The summed E-state index contributed by atoms with van der Waals surface area (Å²) in [4.78, 5) is 39.1. The Morgan fingerprint density at radius 1 is 1.11 bits per heavy atom. The molecule has 2 aromatic carbocycles. The minimum absolute atomic E-state index is 0.104. The summed E-state index contributed by atoms with van der Waals surface area (Å²) in [5.41, 5.74) is 7.89. The molecule has 1 heterocycles. The van der Waals surface area contributed by atoms with Gasteiger partial charge in [-0.15, -0.1) is 0 Å². The summed E-state index contributed by atoms with van der Waals surface area (Å²) in [7, 11) is 1.51. The first kappa shape index (κ1) is 18.2. The number of aromatic nitrogens is 1. The normalized spacial score (nSPS) is 11.7. The number of carbonyl (C=O) groups is 3. The molecule has 27 heavy (non-hydrogen) atoms.